The molecule has 3 rings (SSSR count). The van der Waals surface area contributed by atoms with Gasteiger partial charge in [-0.3, -0.25) is 0 Å². The van der Waals surface area contributed by atoms with Gasteiger partial charge < -0.3 is 9.84 Å². The zero-order chi connectivity index (χ0) is 16.1. The van der Waals surface area contributed by atoms with Crippen molar-refractivity contribution in [2.75, 3.05) is 0 Å². The molecule has 0 spiro atoms. The van der Waals surface area contributed by atoms with Gasteiger partial charge in [-0.05, 0) is 30.3 Å². The lowest BCUT2D eigenvalue weighted by molar-refractivity contribution is 0.0687. The molecule has 0 aliphatic heterocycles. The number of carbonyl (C=O) groups is 1. The van der Waals surface area contributed by atoms with E-state index in [1.807, 2.05) is 36.4 Å². The second-order valence-corrected chi connectivity index (χ2v) is 4.54. The topological polar surface area (TPSA) is 88.1 Å². The molecule has 0 atom stereocenters. The Hall–Kier alpha value is -3.59. The van der Waals surface area contributed by atoms with Crippen LogP contribution < -0.4 is 4.74 Å². The van der Waals surface area contributed by atoms with Gasteiger partial charge in [0.2, 0.25) is 5.69 Å². The van der Waals surface area contributed by atoms with Gasteiger partial charge in [-0.15, -0.1) is 0 Å². The minimum absolute atomic E-state index is 0.0920. The van der Waals surface area contributed by atoms with E-state index in [9.17, 15) is 4.79 Å². The predicted molar refractivity (Wildman–Crippen MR) is 82.3 cm³/mol. The van der Waals surface area contributed by atoms with E-state index < -0.39 is 5.97 Å². The number of aromatic amines is 1. The summed E-state index contributed by atoms with van der Waals surface area (Å²) in [4.78, 5) is 11.0. The summed E-state index contributed by atoms with van der Waals surface area (Å²) in [5, 5.41) is 18.3. The number of ether oxygens (including phenoxy) is 1. The molecule has 0 saturated carbocycles. The Bertz CT molecular complexity index is 892. The molecule has 112 valence electrons. The molecule has 0 fully saturated rings. The number of H-pyrrole nitrogens is 1. The first kappa shape index (κ1) is 14.4. The van der Waals surface area contributed by atoms with E-state index in [-0.39, 0.29) is 11.6 Å². The highest BCUT2D eigenvalue weighted by molar-refractivity contribution is 5.87. The van der Waals surface area contributed by atoms with Crippen LogP contribution in [0.5, 0.6) is 11.6 Å². The van der Waals surface area contributed by atoms with Gasteiger partial charge in [0, 0.05) is 11.1 Å². The standard InChI is InChI=1S/C17H11N3O3/c21-17(22)15-16(19-20-18-15)23-14-8-4-7-13(11-14)10-9-12-5-2-1-3-6-12/h1-8,11H,(H,21,22)(H,18,19,20). The van der Waals surface area contributed by atoms with E-state index in [2.05, 4.69) is 27.3 Å². The number of rotatable bonds is 3. The molecule has 0 bridgehead atoms. The van der Waals surface area contributed by atoms with Crippen molar-refractivity contribution in [3.8, 4) is 23.5 Å². The predicted octanol–water partition coefficient (Wildman–Crippen LogP) is 2.70. The second kappa shape index (κ2) is 6.45. The van der Waals surface area contributed by atoms with E-state index in [0.29, 0.717) is 5.75 Å². The van der Waals surface area contributed by atoms with Crippen LogP contribution in [0.1, 0.15) is 21.6 Å². The molecule has 2 N–H and O–H groups in total. The normalized spacial score (nSPS) is 9.74. The van der Waals surface area contributed by atoms with Crippen LogP contribution in [0.2, 0.25) is 0 Å². The average molecular weight is 305 g/mol. The van der Waals surface area contributed by atoms with E-state index in [1.54, 1.807) is 18.2 Å². The number of hydrogen-bond donors (Lipinski definition) is 2. The van der Waals surface area contributed by atoms with Crippen molar-refractivity contribution in [2.24, 2.45) is 0 Å². The summed E-state index contributed by atoms with van der Waals surface area (Å²) in [5.74, 6) is 5.22. The largest absolute Gasteiger partial charge is 0.476 e. The van der Waals surface area contributed by atoms with E-state index in [4.69, 9.17) is 9.84 Å². The fourth-order valence-electron chi connectivity index (χ4n) is 1.84. The van der Waals surface area contributed by atoms with Crippen LogP contribution in [-0.2, 0) is 0 Å². The number of aromatic nitrogens is 3. The van der Waals surface area contributed by atoms with Gasteiger partial charge in [0.25, 0.3) is 5.88 Å². The van der Waals surface area contributed by atoms with Crippen molar-refractivity contribution in [3.05, 3.63) is 71.4 Å². The molecule has 6 heteroatoms. The van der Waals surface area contributed by atoms with Crippen molar-refractivity contribution in [2.45, 2.75) is 0 Å². The van der Waals surface area contributed by atoms with Gasteiger partial charge in [0.15, 0.2) is 0 Å². The number of benzene rings is 2. The van der Waals surface area contributed by atoms with Gasteiger partial charge >= 0.3 is 5.97 Å². The quantitative estimate of drug-likeness (QED) is 0.726. The summed E-state index contributed by atoms with van der Waals surface area (Å²) in [6.07, 6.45) is 0. The summed E-state index contributed by atoms with van der Waals surface area (Å²) >= 11 is 0. The van der Waals surface area contributed by atoms with Crippen molar-refractivity contribution < 1.29 is 14.6 Å². The highest BCUT2D eigenvalue weighted by atomic mass is 16.5. The molecule has 0 radical (unpaired) electrons. The lowest BCUT2D eigenvalue weighted by Crippen LogP contribution is -1.99. The first-order chi connectivity index (χ1) is 11.2. The maximum Gasteiger partial charge on any atom is 0.359 e. The first-order valence-corrected chi connectivity index (χ1v) is 6.72. The van der Waals surface area contributed by atoms with E-state index >= 15 is 0 Å². The highest BCUT2D eigenvalue weighted by Crippen LogP contribution is 2.22. The van der Waals surface area contributed by atoms with Crippen molar-refractivity contribution in [3.63, 3.8) is 0 Å². The van der Waals surface area contributed by atoms with Gasteiger partial charge in [-0.25, -0.2) is 9.89 Å². The molecule has 0 saturated heterocycles. The molecule has 23 heavy (non-hydrogen) atoms. The number of carboxylic acids is 1. The Kier molecular flexibility index (Phi) is 4.03. The van der Waals surface area contributed by atoms with Gasteiger partial charge in [-0.1, -0.05) is 46.4 Å². The average Bonchev–Trinajstić information content (AvgIpc) is 3.03. The zero-order valence-electron chi connectivity index (χ0n) is 11.9. The molecule has 6 nitrogen and oxygen atoms in total. The molecule has 0 aliphatic carbocycles. The third kappa shape index (κ3) is 3.54. The number of nitrogens with one attached hydrogen (secondary N) is 1. The second-order valence-electron chi connectivity index (χ2n) is 4.54. The van der Waals surface area contributed by atoms with Crippen LogP contribution in [0.3, 0.4) is 0 Å². The Morgan fingerprint density at radius 2 is 1.78 bits per heavy atom. The maximum atomic E-state index is 11.0. The van der Waals surface area contributed by atoms with Crippen LogP contribution in [0.15, 0.2) is 54.6 Å². The Morgan fingerprint density at radius 1 is 1.04 bits per heavy atom. The Labute approximate surface area is 131 Å². The van der Waals surface area contributed by atoms with Crippen molar-refractivity contribution in [1.29, 1.82) is 0 Å². The molecule has 3 aromatic rings. The lowest BCUT2D eigenvalue weighted by Gasteiger charge is -2.02. The third-order valence-corrected chi connectivity index (χ3v) is 2.90. The first-order valence-electron chi connectivity index (χ1n) is 6.72. The maximum absolute atomic E-state index is 11.0. The third-order valence-electron chi connectivity index (χ3n) is 2.90. The fourth-order valence-corrected chi connectivity index (χ4v) is 1.84. The van der Waals surface area contributed by atoms with Crippen molar-refractivity contribution >= 4 is 5.97 Å². The van der Waals surface area contributed by atoms with Crippen molar-refractivity contribution in [1.82, 2.24) is 15.4 Å². The van der Waals surface area contributed by atoms with Crippen LogP contribution in [0.25, 0.3) is 0 Å². The molecule has 0 unspecified atom stereocenters. The molecule has 0 aliphatic rings. The summed E-state index contributed by atoms with van der Waals surface area (Å²) < 4.78 is 5.45. The summed E-state index contributed by atoms with van der Waals surface area (Å²) in [6.45, 7) is 0. The van der Waals surface area contributed by atoms with Crippen LogP contribution >= 0.6 is 0 Å². The number of nitrogens with zero attached hydrogens (tertiary/aromatic N) is 2. The number of aromatic carboxylic acids is 1. The molecule has 1 aromatic heterocycles. The van der Waals surface area contributed by atoms with Crippen LogP contribution in [-0.4, -0.2) is 26.5 Å². The number of carboxylic acid groups (broad SMARTS) is 1. The Morgan fingerprint density at radius 3 is 2.57 bits per heavy atom. The summed E-state index contributed by atoms with van der Waals surface area (Å²) in [5.41, 5.74) is 1.45. The number of hydrogen-bond acceptors (Lipinski definition) is 4. The SMILES string of the molecule is O=C(O)c1[nH]nnc1Oc1cccc(C#Cc2ccccc2)c1. The Balaban J connectivity index is 1.82. The zero-order valence-corrected chi connectivity index (χ0v) is 11.9. The van der Waals surface area contributed by atoms with Crippen LogP contribution in [0.4, 0.5) is 0 Å². The van der Waals surface area contributed by atoms with E-state index in [0.717, 1.165) is 11.1 Å². The summed E-state index contributed by atoms with van der Waals surface area (Å²) in [7, 11) is 0. The summed E-state index contributed by atoms with van der Waals surface area (Å²) in [6, 6.07) is 16.6. The molecular weight excluding hydrogens is 294 g/mol. The van der Waals surface area contributed by atoms with Gasteiger partial charge in [0.05, 0.1) is 0 Å². The smallest absolute Gasteiger partial charge is 0.359 e. The molecule has 1 heterocycles. The molecule has 2 aromatic carbocycles. The lowest BCUT2D eigenvalue weighted by atomic mass is 10.2. The van der Waals surface area contributed by atoms with Gasteiger partial charge in [0.1, 0.15) is 5.75 Å². The van der Waals surface area contributed by atoms with Crippen LogP contribution in [0, 0.1) is 11.8 Å². The minimum atomic E-state index is -1.19. The fraction of sp³-hybridized carbons (Fsp3) is 0. The molecular formula is C17H11N3O3. The molecule has 0 amide bonds. The monoisotopic (exact) mass is 305 g/mol. The highest BCUT2D eigenvalue weighted by Gasteiger charge is 2.16. The van der Waals surface area contributed by atoms with Gasteiger partial charge in [-0.2, -0.15) is 0 Å². The minimum Gasteiger partial charge on any atom is -0.476 e. The van der Waals surface area contributed by atoms with E-state index in [1.165, 1.54) is 0 Å².